The standard InChI is InChI=1S/C17H21N3O/c1-13-5-4-6-15(11-13)19-17(21)18-12-14-7-9-16(10-8-14)20(2)3/h4-11H,12H2,1-3H3,(H2,18,19,21). The van der Waals surface area contributed by atoms with Crippen molar-refractivity contribution in [1.82, 2.24) is 5.32 Å². The fourth-order valence-corrected chi connectivity index (χ4v) is 1.99. The molecular formula is C17H21N3O. The van der Waals surface area contributed by atoms with Gasteiger partial charge in [-0.2, -0.15) is 0 Å². The average Bonchev–Trinajstić information content (AvgIpc) is 2.45. The van der Waals surface area contributed by atoms with Gasteiger partial charge in [0.1, 0.15) is 0 Å². The maximum Gasteiger partial charge on any atom is 0.319 e. The second-order valence-electron chi connectivity index (χ2n) is 5.24. The number of carbonyl (C=O) groups excluding carboxylic acids is 1. The van der Waals surface area contributed by atoms with Crippen LogP contribution in [0.2, 0.25) is 0 Å². The van der Waals surface area contributed by atoms with E-state index in [0.29, 0.717) is 6.54 Å². The summed E-state index contributed by atoms with van der Waals surface area (Å²) in [7, 11) is 4.01. The van der Waals surface area contributed by atoms with Crippen LogP contribution in [0.1, 0.15) is 11.1 Å². The number of hydrogen-bond acceptors (Lipinski definition) is 2. The Bertz CT molecular complexity index is 606. The molecule has 2 N–H and O–H groups in total. The molecule has 0 bridgehead atoms. The third-order valence-corrected chi connectivity index (χ3v) is 3.18. The largest absolute Gasteiger partial charge is 0.378 e. The highest BCUT2D eigenvalue weighted by Crippen LogP contribution is 2.12. The number of hydrogen-bond donors (Lipinski definition) is 2. The van der Waals surface area contributed by atoms with Crippen molar-refractivity contribution in [2.75, 3.05) is 24.3 Å². The summed E-state index contributed by atoms with van der Waals surface area (Å²) in [6.45, 7) is 2.50. The van der Waals surface area contributed by atoms with Gasteiger partial charge >= 0.3 is 6.03 Å². The molecule has 2 rings (SSSR count). The van der Waals surface area contributed by atoms with Gasteiger partial charge in [0, 0.05) is 32.0 Å². The van der Waals surface area contributed by atoms with Crippen molar-refractivity contribution >= 4 is 17.4 Å². The molecule has 0 atom stereocenters. The highest BCUT2D eigenvalue weighted by Gasteiger charge is 2.02. The van der Waals surface area contributed by atoms with Crippen molar-refractivity contribution in [1.29, 1.82) is 0 Å². The summed E-state index contributed by atoms with van der Waals surface area (Å²) in [6, 6.07) is 15.6. The summed E-state index contributed by atoms with van der Waals surface area (Å²) in [6.07, 6.45) is 0. The van der Waals surface area contributed by atoms with E-state index < -0.39 is 0 Å². The Hall–Kier alpha value is -2.49. The fraction of sp³-hybridized carbons (Fsp3) is 0.235. The van der Waals surface area contributed by atoms with Crippen LogP contribution < -0.4 is 15.5 Å². The Morgan fingerprint density at radius 3 is 2.43 bits per heavy atom. The minimum atomic E-state index is -0.197. The number of urea groups is 1. The van der Waals surface area contributed by atoms with E-state index in [1.807, 2.05) is 74.4 Å². The monoisotopic (exact) mass is 283 g/mol. The van der Waals surface area contributed by atoms with E-state index in [2.05, 4.69) is 10.6 Å². The SMILES string of the molecule is Cc1cccc(NC(=O)NCc2ccc(N(C)C)cc2)c1. The van der Waals surface area contributed by atoms with E-state index in [-0.39, 0.29) is 6.03 Å². The average molecular weight is 283 g/mol. The van der Waals surface area contributed by atoms with Crippen LogP contribution in [0.3, 0.4) is 0 Å². The van der Waals surface area contributed by atoms with E-state index in [0.717, 1.165) is 22.5 Å². The topological polar surface area (TPSA) is 44.4 Å². The molecule has 0 aliphatic rings. The van der Waals surface area contributed by atoms with Crippen molar-refractivity contribution in [3.63, 3.8) is 0 Å². The van der Waals surface area contributed by atoms with Crippen molar-refractivity contribution < 1.29 is 4.79 Å². The lowest BCUT2D eigenvalue weighted by Gasteiger charge is -2.13. The number of benzene rings is 2. The van der Waals surface area contributed by atoms with Gasteiger partial charge in [-0.25, -0.2) is 4.79 Å². The van der Waals surface area contributed by atoms with Crippen LogP contribution in [0.15, 0.2) is 48.5 Å². The van der Waals surface area contributed by atoms with Crippen LogP contribution >= 0.6 is 0 Å². The van der Waals surface area contributed by atoms with Crippen LogP contribution in [-0.4, -0.2) is 20.1 Å². The molecule has 0 aliphatic carbocycles. The molecule has 0 heterocycles. The Kier molecular flexibility index (Phi) is 4.82. The van der Waals surface area contributed by atoms with Gasteiger partial charge in [0.05, 0.1) is 0 Å². The molecule has 2 aromatic carbocycles. The minimum absolute atomic E-state index is 0.197. The lowest BCUT2D eigenvalue weighted by atomic mass is 10.2. The smallest absolute Gasteiger partial charge is 0.319 e. The van der Waals surface area contributed by atoms with Crippen molar-refractivity contribution in [3.05, 3.63) is 59.7 Å². The maximum atomic E-state index is 11.8. The van der Waals surface area contributed by atoms with E-state index >= 15 is 0 Å². The van der Waals surface area contributed by atoms with Gasteiger partial charge in [0.15, 0.2) is 0 Å². The highest BCUT2D eigenvalue weighted by molar-refractivity contribution is 5.89. The second-order valence-corrected chi connectivity index (χ2v) is 5.24. The number of aryl methyl sites for hydroxylation is 1. The molecule has 4 nitrogen and oxygen atoms in total. The van der Waals surface area contributed by atoms with E-state index in [1.165, 1.54) is 0 Å². The van der Waals surface area contributed by atoms with Crippen LogP contribution in [-0.2, 0) is 6.54 Å². The lowest BCUT2D eigenvalue weighted by Crippen LogP contribution is -2.28. The number of nitrogens with one attached hydrogen (secondary N) is 2. The summed E-state index contributed by atoms with van der Waals surface area (Å²) in [5.41, 5.74) is 4.13. The van der Waals surface area contributed by atoms with Gasteiger partial charge < -0.3 is 15.5 Å². The van der Waals surface area contributed by atoms with Gasteiger partial charge in [-0.1, -0.05) is 24.3 Å². The summed E-state index contributed by atoms with van der Waals surface area (Å²) in [5, 5.41) is 5.68. The zero-order valence-electron chi connectivity index (χ0n) is 12.7. The zero-order chi connectivity index (χ0) is 15.2. The molecule has 110 valence electrons. The molecule has 0 saturated carbocycles. The quantitative estimate of drug-likeness (QED) is 0.903. The molecule has 21 heavy (non-hydrogen) atoms. The molecule has 0 saturated heterocycles. The van der Waals surface area contributed by atoms with Crippen LogP contribution in [0.4, 0.5) is 16.2 Å². The number of nitrogens with zero attached hydrogens (tertiary/aromatic N) is 1. The molecule has 0 fully saturated rings. The fourth-order valence-electron chi connectivity index (χ4n) is 1.99. The first kappa shape index (κ1) is 14.9. The summed E-state index contributed by atoms with van der Waals surface area (Å²) >= 11 is 0. The molecule has 0 spiro atoms. The molecule has 0 radical (unpaired) electrons. The van der Waals surface area contributed by atoms with Gasteiger partial charge in [0.25, 0.3) is 0 Å². The zero-order valence-corrected chi connectivity index (χ0v) is 12.7. The molecule has 0 aliphatic heterocycles. The first-order valence-corrected chi connectivity index (χ1v) is 6.92. The lowest BCUT2D eigenvalue weighted by molar-refractivity contribution is 0.251. The summed E-state index contributed by atoms with van der Waals surface area (Å²) in [4.78, 5) is 13.9. The Morgan fingerprint density at radius 1 is 1.10 bits per heavy atom. The predicted molar refractivity (Wildman–Crippen MR) is 87.8 cm³/mol. The van der Waals surface area contributed by atoms with Crippen LogP contribution in [0, 0.1) is 6.92 Å². The van der Waals surface area contributed by atoms with Gasteiger partial charge in [0.2, 0.25) is 0 Å². The summed E-state index contributed by atoms with van der Waals surface area (Å²) < 4.78 is 0. The van der Waals surface area contributed by atoms with Crippen LogP contribution in [0.25, 0.3) is 0 Å². The third kappa shape index (κ3) is 4.53. The maximum absolute atomic E-state index is 11.8. The van der Waals surface area contributed by atoms with Crippen LogP contribution in [0.5, 0.6) is 0 Å². The van der Waals surface area contributed by atoms with Gasteiger partial charge in [-0.15, -0.1) is 0 Å². The Morgan fingerprint density at radius 2 is 1.81 bits per heavy atom. The highest BCUT2D eigenvalue weighted by atomic mass is 16.2. The minimum Gasteiger partial charge on any atom is -0.378 e. The number of rotatable bonds is 4. The van der Waals surface area contributed by atoms with Crippen molar-refractivity contribution in [3.8, 4) is 0 Å². The van der Waals surface area contributed by atoms with E-state index in [1.54, 1.807) is 0 Å². The normalized spacial score (nSPS) is 10.0. The van der Waals surface area contributed by atoms with Gasteiger partial charge in [-0.3, -0.25) is 0 Å². The number of amides is 2. The molecular weight excluding hydrogens is 262 g/mol. The first-order chi connectivity index (χ1) is 10.0. The van der Waals surface area contributed by atoms with Crippen molar-refractivity contribution in [2.24, 2.45) is 0 Å². The molecule has 2 aromatic rings. The van der Waals surface area contributed by atoms with Gasteiger partial charge in [-0.05, 0) is 42.3 Å². The molecule has 4 heteroatoms. The molecule has 0 unspecified atom stereocenters. The number of carbonyl (C=O) groups is 1. The van der Waals surface area contributed by atoms with Crippen molar-refractivity contribution in [2.45, 2.75) is 13.5 Å². The second kappa shape index (κ2) is 6.79. The number of anilines is 2. The summed E-state index contributed by atoms with van der Waals surface area (Å²) in [5.74, 6) is 0. The molecule has 0 aromatic heterocycles. The third-order valence-electron chi connectivity index (χ3n) is 3.18. The van der Waals surface area contributed by atoms with E-state index in [9.17, 15) is 4.79 Å². The predicted octanol–water partition coefficient (Wildman–Crippen LogP) is 3.38. The Labute approximate surface area is 125 Å². The van der Waals surface area contributed by atoms with E-state index in [4.69, 9.17) is 0 Å². The Balaban J connectivity index is 1.86. The molecule has 2 amide bonds. The first-order valence-electron chi connectivity index (χ1n) is 6.92.